The number of rotatable bonds is 11. The van der Waals surface area contributed by atoms with Crippen LogP contribution in [0.5, 0.6) is 5.75 Å². The zero-order chi connectivity index (χ0) is 25.2. The summed E-state index contributed by atoms with van der Waals surface area (Å²) in [5, 5.41) is 11.7. The van der Waals surface area contributed by atoms with Crippen molar-refractivity contribution in [2.45, 2.75) is 32.3 Å². The number of halogens is 1. The van der Waals surface area contributed by atoms with Gasteiger partial charge in [-0.25, -0.2) is 0 Å². The molecule has 4 aromatic rings. The average molecular weight is 503 g/mol. The molecule has 1 amide bonds. The molecule has 0 unspecified atom stereocenters. The molecule has 7 nitrogen and oxygen atoms in total. The van der Waals surface area contributed by atoms with Crippen LogP contribution < -0.4 is 15.6 Å². The molecule has 0 aliphatic heterocycles. The normalized spacial score (nSPS) is 10.7. The van der Waals surface area contributed by atoms with Crippen molar-refractivity contribution in [3.63, 3.8) is 0 Å². The van der Waals surface area contributed by atoms with E-state index >= 15 is 0 Å². The number of ether oxygens (including phenoxy) is 1. The van der Waals surface area contributed by atoms with E-state index in [4.69, 9.17) is 16.3 Å². The van der Waals surface area contributed by atoms with Crippen LogP contribution in [0.3, 0.4) is 0 Å². The molecule has 36 heavy (non-hydrogen) atoms. The van der Waals surface area contributed by atoms with Crippen LogP contribution in [0.1, 0.15) is 29.7 Å². The third kappa shape index (κ3) is 7.26. The number of H-pyrrole nitrogens is 1. The molecule has 0 atom stereocenters. The Balaban J connectivity index is 1.24. The molecule has 0 aliphatic rings. The summed E-state index contributed by atoms with van der Waals surface area (Å²) in [4.78, 5) is 27.4. The van der Waals surface area contributed by atoms with Crippen LogP contribution in [0.15, 0.2) is 83.7 Å². The monoisotopic (exact) mass is 502 g/mol. The molecule has 0 saturated carbocycles. The van der Waals surface area contributed by atoms with Gasteiger partial charge in [-0.15, -0.1) is 10.2 Å². The first-order valence-corrected chi connectivity index (χ1v) is 12.2. The van der Waals surface area contributed by atoms with Crippen molar-refractivity contribution in [1.29, 1.82) is 0 Å². The van der Waals surface area contributed by atoms with Gasteiger partial charge in [-0.3, -0.25) is 9.59 Å². The van der Waals surface area contributed by atoms with E-state index in [2.05, 4.69) is 32.6 Å². The summed E-state index contributed by atoms with van der Waals surface area (Å²) in [6.45, 7) is 0.942. The highest BCUT2D eigenvalue weighted by Gasteiger charge is 2.10. The maximum absolute atomic E-state index is 12.5. The number of nitrogens with one attached hydrogen (secondary N) is 2. The second kappa shape index (κ2) is 12.7. The standard InChI is InChI=1S/C28H27ClN4O3/c29-24-11-5-4-10-22(24)19-36-23-14-12-21(13-15-23)27-31-28(35)25(32-33-27)16-17-26(34)30-18-6-9-20-7-2-1-3-8-20/h1-5,7-8,10-15H,6,9,16-19H2,(H,30,34)(H,31,33,35). The van der Waals surface area contributed by atoms with Gasteiger partial charge < -0.3 is 15.0 Å². The smallest absolute Gasteiger partial charge is 0.273 e. The lowest BCUT2D eigenvalue weighted by molar-refractivity contribution is -0.121. The Labute approximate surface area is 214 Å². The van der Waals surface area contributed by atoms with Crippen LogP contribution >= 0.6 is 11.6 Å². The summed E-state index contributed by atoms with van der Waals surface area (Å²) in [6, 6.07) is 24.8. The van der Waals surface area contributed by atoms with Gasteiger partial charge in [-0.05, 0) is 48.7 Å². The zero-order valence-electron chi connectivity index (χ0n) is 19.7. The Bertz CT molecular complexity index is 1340. The van der Waals surface area contributed by atoms with Crippen molar-refractivity contribution in [2.75, 3.05) is 6.54 Å². The number of aromatic amines is 1. The second-order valence-electron chi connectivity index (χ2n) is 8.29. The summed E-state index contributed by atoms with van der Waals surface area (Å²) in [5.74, 6) is 0.910. The summed E-state index contributed by atoms with van der Waals surface area (Å²) < 4.78 is 5.79. The predicted molar refractivity (Wildman–Crippen MR) is 140 cm³/mol. The third-order valence-corrected chi connectivity index (χ3v) is 6.01. The van der Waals surface area contributed by atoms with Gasteiger partial charge in [0.2, 0.25) is 5.91 Å². The van der Waals surface area contributed by atoms with Crippen LogP contribution in [0.25, 0.3) is 11.4 Å². The molecule has 8 heteroatoms. The van der Waals surface area contributed by atoms with E-state index in [9.17, 15) is 9.59 Å². The number of nitrogens with zero attached hydrogens (tertiary/aromatic N) is 2. The van der Waals surface area contributed by atoms with Gasteiger partial charge in [-0.2, -0.15) is 0 Å². The Morgan fingerprint density at radius 1 is 0.917 bits per heavy atom. The Morgan fingerprint density at radius 3 is 2.42 bits per heavy atom. The van der Waals surface area contributed by atoms with E-state index < -0.39 is 0 Å². The minimum absolute atomic E-state index is 0.110. The molecule has 1 aromatic heterocycles. The SMILES string of the molecule is O=C(CCc1nnc(-c2ccc(OCc3ccccc3Cl)cc2)[nH]c1=O)NCCCc1ccccc1. The molecule has 3 aromatic carbocycles. The number of aryl methyl sites for hydroxylation is 2. The average Bonchev–Trinajstić information content (AvgIpc) is 2.91. The van der Waals surface area contributed by atoms with Crippen molar-refractivity contribution in [3.8, 4) is 17.1 Å². The third-order valence-electron chi connectivity index (χ3n) is 5.64. The largest absolute Gasteiger partial charge is 0.489 e. The lowest BCUT2D eigenvalue weighted by Crippen LogP contribution is -2.26. The van der Waals surface area contributed by atoms with Gasteiger partial charge in [-0.1, -0.05) is 60.1 Å². The molecular formula is C28H27ClN4O3. The van der Waals surface area contributed by atoms with Crippen LogP contribution in [-0.2, 0) is 24.2 Å². The number of aromatic nitrogens is 3. The molecule has 0 aliphatic carbocycles. The summed E-state index contributed by atoms with van der Waals surface area (Å²) in [5.41, 5.74) is 2.73. The van der Waals surface area contributed by atoms with E-state index in [-0.39, 0.29) is 30.0 Å². The predicted octanol–water partition coefficient (Wildman–Crippen LogP) is 4.75. The van der Waals surface area contributed by atoms with E-state index in [1.807, 2.05) is 42.5 Å². The first-order chi connectivity index (χ1) is 17.6. The zero-order valence-corrected chi connectivity index (χ0v) is 20.5. The highest BCUT2D eigenvalue weighted by molar-refractivity contribution is 6.31. The van der Waals surface area contributed by atoms with E-state index in [0.717, 1.165) is 18.4 Å². The number of hydrogen-bond acceptors (Lipinski definition) is 5. The number of amides is 1. The van der Waals surface area contributed by atoms with Crippen molar-refractivity contribution in [1.82, 2.24) is 20.5 Å². The quantitative estimate of drug-likeness (QED) is 0.289. The first-order valence-electron chi connectivity index (χ1n) is 11.8. The fourth-order valence-electron chi connectivity index (χ4n) is 3.62. The van der Waals surface area contributed by atoms with Gasteiger partial charge >= 0.3 is 0 Å². The van der Waals surface area contributed by atoms with Gasteiger partial charge in [0.15, 0.2) is 5.82 Å². The maximum atomic E-state index is 12.5. The van der Waals surface area contributed by atoms with Gasteiger partial charge in [0.25, 0.3) is 5.56 Å². The van der Waals surface area contributed by atoms with Crippen molar-refractivity contribution < 1.29 is 9.53 Å². The summed E-state index contributed by atoms with van der Waals surface area (Å²) in [7, 11) is 0. The molecule has 0 spiro atoms. The van der Waals surface area contributed by atoms with E-state index in [1.54, 1.807) is 24.3 Å². The minimum Gasteiger partial charge on any atom is -0.489 e. The highest BCUT2D eigenvalue weighted by atomic mass is 35.5. The molecule has 4 rings (SSSR count). The maximum Gasteiger partial charge on any atom is 0.273 e. The van der Waals surface area contributed by atoms with Gasteiger partial charge in [0.05, 0.1) is 0 Å². The highest BCUT2D eigenvalue weighted by Crippen LogP contribution is 2.21. The Morgan fingerprint density at radius 2 is 1.67 bits per heavy atom. The van der Waals surface area contributed by atoms with Crippen LogP contribution in [0.2, 0.25) is 5.02 Å². The number of benzene rings is 3. The number of carbonyl (C=O) groups is 1. The van der Waals surface area contributed by atoms with Crippen LogP contribution in [0.4, 0.5) is 0 Å². The fourth-order valence-corrected chi connectivity index (χ4v) is 3.82. The molecule has 184 valence electrons. The fraction of sp³-hybridized carbons (Fsp3) is 0.214. The molecule has 0 saturated heterocycles. The van der Waals surface area contributed by atoms with E-state index in [1.165, 1.54) is 5.56 Å². The molecule has 2 N–H and O–H groups in total. The van der Waals surface area contributed by atoms with Crippen LogP contribution in [-0.4, -0.2) is 27.6 Å². The van der Waals surface area contributed by atoms with Gasteiger partial charge in [0.1, 0.15) is 18.1 Å². The first kappa shape index (κ1) is 25.1. The topological polar surface area (TPSA) is 97.0 Å². The van der Waals surface area contributed by atoms with Crippen molar-refractivity contribution in [2.24, 2.45) is 0 Å². The van der Waals surface area contributed by atoms with Gasteiger partial charge in [0, 0.05) is 35.5 Å². The van der Waals surface area contributed by atoms with E-state index in [0.29, 0.717) is 35.3 Å². The Hall–Kier alpha value is -3.97. The molecule has 0 radical (unpaired) electrons. The molecule has 0 bridgehead atoms. The molecular weight excluding hydrogens is 476 g/mol. The molecule has 0 fully saturated rings. The second-order valence-corrected chi connectivity index (χ2v) is 8.70. The summed E-state index contributed by atoms with van der Waals surface area (Å²) in [6.07, 6.45) is 2.17. The van der Waals surface area contributed by atoms with Crippen molar-refractivity contribution in [3.05, 3.63) is 111 Å². The molecule has 1 heterocycles. The minimum atomic E-state index is -0.351. The summed E-state index contributed by atoms with van der Waals surface area (Å²) >= 11 is 6.16. The Kier molecular flexibility index (Phi) is 8.83. The lowest BCUT2D eigenvalue weighted by Gasteiger charge is -2.08. The van der Waals surface area contributed by atoms with Crippen molar-refractivity contribution >= 4 is 17.5 Å². The lowest BCUT2D eigenvalue weighted by atomic mass is 10.1. The van der Waals surface area contributed by atoms with Crippen LogP contribution in [0, 0.1) is 0 Å². The number of carbonyl (C=O) groups excluding carboxylic acids is 1. The number of hydrogen-bond donors (Lipinski definition) is 2.